The second kappa shape index (κ2) is 5.21. The Kier molecular flexibility index (Phi) is 3.87. The number of rotatable bonds is 5. The predicted molar refractivity (Wildman–Crippen MR) is 71.0 cm³/mol. The van der Waals surface area contributed by atoms with Crippen LogP contribution in [-0.2, 0) is 13.5 Å². The first-order valence-corrected chi connectivity index (χ1v) is 6.79. The molecule has 3 heteroatoms. The summed E-state index contributed by atoms with van der Waals surface area (Å²) in [7, 11) is 4.18. The van der Waals surface area contributed by atoms with Crippen molar-refractivity contribution in [2.24, 2.45) is 12.5 Å². The molecule has 3 nitrogen and oxygen atoms in total. The summed E-state index contributed by atoms with van der Waals surface area (Å²) in [6, 6.07) is 0.627. The minimum absolute atomic E-state index is 0.500. The molecule has 0 saturated heterocycles. The summed E-state index contributed by atoms with van der Waals surface area (Å²) in [6.07, 6.45) is 11.7. The van der Waals surface area contributed by atoms with Crippen LogP contribution in [0.15, 0.2) is 12.4 Å². The number of nitrogens with zero attached hydrogens (tertiary/aromatic N) is 2. The van der Waals surface area contributed by atoms with Crippen LogP contribution in [0, 0.1) is 5.41 Å². The van der Waals surface area contributed by atoms with E-state index < -0.39 is 0 Å². The summed E-state index contributed by atoms with van der Waals surface area (Å²) < 4.78 is 2.13. The molecule has 1 aliphatic carbocycles. The minimum Gasteiger partial charge on any atom is -0.338 e. The number of aryl methyl sites for hydroxylation is 2. The Morgan fingerprint density at radius 3 is 2.71 bits per heavy atom. The lowest BCUT2D eigenvalue weighted by molar-refractivity contribution is 0.219. The third kappa shape index (κ3) is 2.71. The molecule has 1 aromatic heterocycles. The molecule has 1 N–H and O–H groups in total. The summed E-state index contributed by atoms with van der Waals surface area (Å²) in [4.78, 5) is 4.41. The highest BCUT2D eigenvalue weighted by Gasteiger charge is 2.35. The van der Waals surface area contributed by atoms with Crippen LogP contribution in [0.4, 0.5) is 0 Å². The Balaban J connectivity index is 1.94. The monoisotopic (exact) mass is 235 g/mol. The molecule has 0 aliphatic heterocycles. The first-order chi connectivity index (χ1) is 8.15. The lowest BCUT2D eigenvalue weighted by Crippen LogP contribution is -2.40. The molecular weight excluding hydrogens is 210 g/mol. The van der Waals surface area contributed by atoms with E-state index in [2.05, 4.69) is 35.9 Å². The molecule has 1 fully saturated rings. The zero-order valence-electron chi connectivity index (χ0n) is 11.4. The number of hydrogen-bond donors (Lipinski definition) is 1. The molecule has 0 spiro atoms. The average molecular weight is 235 g/mol. The van der Waals surface area contributed by atoms with Crippen LogP contribution in [-0.4, -0.2) is 22.6 Å². The summed E-state index contributed by atoms with van der Waals surface area (Å²) >= 11 is 0. The average Bonchev–Trinajstić information content (AvgIpc) is 2.90. The third-order valence-corrected chi connectivity index (χ3v) is 4.51. The molecule has 1 heterocycles. The predicted octanol–water partition coefficient (Wildman–Crippen LogP) is 2.52. The van der Waals surface area contributed by atoms with Gasteiger partial charge >= 0.3 is 0 Å². The summed E-state index contributed by atoms with van der Waals surface area (Å²) in [5.41, 5.74) is 0.500. The normalized spacial score (nSPS) is 20.6. The van der Waals surface area contributed by atoms with E-state index >= 15 is 0 Å². The topological polar surface area (TPSA) is 29.9 Å². The van der Waals surface area contributed by atoms with Crippen molar-refractivity contribution in [3.05, 3.63) is 18.2 Å². The Labute approximate surface area is 105 Å². The van der Waals surface area contributed by atoms with Crippen LogP contribution in [0.2, 0.25) is 0 Å². The van der Waals surface area contributed by atoms with Crippen molar-refractivity contribution in [3.8, 4) is 0 Å². The van der Waals surface area contributed by atoms with Gasteiger partial charge in [-0.3, -0.25) is 0 Å². The maximum absolute atomic E-state index is 4.41. The first-order valence-electron chi connectivity index (χ1n) is 6.79. The number of imidazole rings is 1. The van der Waals surface area contributed by atoms with Gasteiger partial charge < -0.3 is 9.88 Å². The van der Waals surface area contributed by atoms with Gasteiger partial charge in [-0.15, -0.1) is 0 Å². The van der Waals surface area contributed by atoms with E-state index in [0.29, 0.717) is 11.5 Å². The molecule has 2 rings (SSSR count). The quantitative estimate of drug-likeness (QED) is 0.850. The molecule has 1 aliphatic rings. The van der Waals surface area contributed by atoms with Gasteiger partial charge in [0.15, 0.2) is 0 Å². The van der Waals surface area contributed by atoms with E-state index in [1.165, 1.54) is 37.9 Å². The molecule has 17 heavy (non-hydrogen) atoms. The maximum atomic E-state index is 4.41. The van der Waals surface area contributed by atoms with Crippen LogP contribution < -0.4 is 5.32 Å². The van der Waals surface area contributed by atoms with Crippen LogP contribution in [0.25, 0.3) is 0 Å². The van der Waals surface area contributed by atoms with Gasteiger partial charge in [-0.05, 0) is 31.7 Å². The Morgan fingerprint density at radius 2 is 2.18 bits per heavy atom. The van der Waals surface area contributed by atoms with Crippen molar-refractivity contribution in [1.82, 2.24) is 14.9 Å². The zero-order chi connectivity index (χ0) is 12.3. The zero-order valence-corrected chi connectivity index (χ0v) is 11.4. The molecular formula is C14H25N3. The fraction of sp³-hybridized carbons (Fsp3) is 0.786. The van der Waals surface area contributed by atoms with Crippen LogP contribution >= 0.6 is 0 Å². The summed E-state index contributed by atoms with van der Waals surface area (Å²) in [5, 5.41) is 3.53. The molecule has 1 saturated carbocycles. The lowest BCUT2D eigenvalue weighted by Gasteiger charge is -2.34. The van der Waals surface area contributed by atoms with E-state index in [0.717, 1.165) is 6.42 Å². The van der Waals surface area contributed by atoms with Crippen molar-refractivity contribution in [2.75, 3.05) is 7.05 Å². The summed E-state index contributed by atoms with van der Waals surface area (Å²) in [6.45, 7) is 2.44. The van der Waals surface area contributed by atoms with Gasteiger partial charge in [0.1, 0.15) is 5.82 Å². The highest BCUT2D eigenvalue weighted by atomic mass is 15.0. The van der Waals surface area contributed by atoms with Crippen molar-refractivity contribution < 1.29 is 0 Å². The number of nitrogens with one attached hydrogen (secondary N) is 1. The number of hydrogen-bond acceptors (Lipinski definition) is 2. The maximum Gasteiger partial charge on any atom is 0.108 e. The largest absolute Gasteiger partial charge is 0.338 e. The second-order valence-corrected chi connectivity index (χ2v) is 5.70. The minimum atomic E-state index is 0.500. The lowest BCUT2D eigenvalue weighted by atomic mass is 9.78. The molecule has 0 radical (unpaired) electrons. The van der Waals surface area contributed by atoms with Crippen molar-refractivity contribution >= 4 is 0 Å². The van der Waals surface area contributed by atoms with Gasteiger partial charge in [0.2, 0.25) is 0 Å². The van der Waals surface area contributed by atoms with E-state index in [1.807, 2.05) is 12.4 Å². The van der Waals surface area contributed by atoms with Gasteiger partial charge in [0.25, 0.3) is 0 Å². The molecule has 0 bridgehead atoms. The van der Waals surface area contributed by atoms with E-state index in [-0.39, 0.29) is 0 Å². The molecule has 0 amide bonds. The fourth-order valence-electron chi connectivity index (χ4n) is 3.28. The third-order valence-electron chi connectivity index (χ3n) is 4.51. The van der Waals surface area contributed by atoms with Gasteiger partial charge in [-0.25, -0.2) is 4.98 Å². The van der Waals surface area contributed by atoms with Gasteiger partial charge in [-0.2, -0.15) is 0 Å². The van der Waals surface area contributed by atoms with Crippen molar-refractivity contribution in [2.45, 2.75) is 51.5 Å². The van der Waals surface area contributed by atoms with Crippen molar-refractivity contribution in [3.63, 3.8) is 0 Å². The van der Waals surface area contributed by atoms with Crippen molar-refractivity contribution in [1.29, 1.82) is 0 Å². The van der Waals surface area contributed by atoms with Crippen LogP contribution in [0.1, 0.15) is 44.9 Å². The van der Waals surface area contributed by atoms with Crippen LogP contribution in [0.5, 0.6) is 0 Å². The highest BCUT2D eigenvalue weighted by Crippen LogP contribution is 2.41. The molecule has 1 unspecified atom stereocenters. The molecule has 1 aromatic rings. The highest BCUT2D eigenvalue weighted by molar-refractivity contribution is 4.96. The number of aromatic nitrogens is 2. The van der Waals surface area contributed by atoms with Gasteiger partial charge in [-0.1, -0.05) is 19.8 Å². The van der Waals surface area contributed by atoms with E-state index in [4.69, 9.17) is 0 Å². The molecule has 96 valence electrons. The second-order valence-electron chi connectivity index (χ2n) is 5.70. The van der Waals surface area contributed by atoms with E-state index in [1.54, 1.807) is 0 Å². The first kappa shape index (κ1) is 12.6. The van der Waals surface area contributed by atoms with E-state index in [9.17, 15) is 0 Å². The summed E-state index contributed by atoms with van der Waals surface area (Å²) in [5.74, 6) is 1.20. The Morgan fingerprint density at radius 1 is 1.47 bits per heavy atom. The Bertz CT molecular complexity index is 350. The van der Waals surface area contributed by atoms with Crippen LogP contribution in [0.3, 0.4) is 0 Å². The Hall–Kier alpha value is -0.830. The standard InChI is InChI=1S/C14H25N3/c1-14(8-4-5-9-14)12(15-2)6-7-13-16-10-11-17(13)3/h10-12,15H,4-9H2,1-3H3. The fourth-order valence-corrected chi connectivity index (χ4v) is 3.28. The SMILES string of the molecule is CNC(CCc1nccn1C)C1(C)CCCC1. The smallest absolute Gasteiger partial charge is 0.108 e. The molecule has 0 aromatic carbocycles. The van der Waals surface area contributed by atoms with Gasteiger partial charge in [0.05, 0.1) is 0 Å². The van der Waals surface area contributed by atoms with Gasteiger partial charge in [0, 0.05) is 31.9 Å². The molecule has 1 atom stereocenters.